The summed E-state index contributed by atoms with van der Waals surface area (Å²) in [5.74, 6) is 2.05. The maximum absolute atomic E-state index is 9.59. The van der Waals surface area contributed by atoms with Gasteiger partial charge in [0.15, 0.2) is 0 Å². The molecule has 3 atom stereocenters. The van der Waals surface area contributed by atoms with Crippen LogP contribution in [0.3, 0.4) is 0 Å². The molecule has 2 N–H and O–H groups in total. The van der Waals surface area contributed by atoms with E-state index in [4.69, 9.17) is 0 Å². The smallest absolute Gasteiger partial charge is 0.115 e. The summed E-state index contributed by atoms with van der Waals surface area (Å²) in [5, 5.41) is 13.3. The quantitative estimate of drug-likeness (QED) is 0.817. The number of aromatic hydroxyl groups is 1. The number of phenolic OH excluding ortho intramolecular Hbond substituents is 1. The Kier molecular flexibility index (Phi) is 5.26. The van der Waals surface area contributed by atoms with Crippen molar-refractivity contribution in [1.82, 2.24) is 5.32 Å². The maximum atomic E-state index is 9.59. The van der Waals surface area contributed by atoms with Gasteiger partial charge in [0.25, 0.3) is 0 Å². The van der Waals surface area contributed by atoms with Crippen molar-refractivity contribution < 1.29 is 5.11 Å². The van der Waals surface area contributed by atoms with E-state index in [-0.39, 0.29) is 0 Å². The van der Waals surface area contributed by atoms with E-state index in [0.29, 0.717) is 11.8 Å². The Hall–Kier alpha value is -1.02. The van der Waals surface area contributed by atoms with Crippen LogP contribution in [0.15, 0.2) is 24.3 Å². The molecule has 2 heteroatoms. The summed E-state index contributed by atoms with van der Waals surface area (Å²) in [4.78, 5) is 0. The molecule has 1 aliphatic rings. The number of rotatable bonds is 6. The minimum Gasteiger partial charge on any atom is -0.508 e. The molecule has 19 heavy (non-hydrogen) atoms. The third-order valence-corrected chi connectivity index (χ3v) is 4.33. The zero-order valence-electron chi connectivity index (χ0n) is 12.2. The molecule has 1 aliphatic carbocycles. The second-order valence-corrected chi connectivity index (χ2v) is 6.11. The summed E-state index contributed by atoms with van der Waals surface area (Å²) < 4.78 is 0. The molecule has 0 saturated heterocycles. The van der Waals surface area contributed by atoms with E-state index in [0.717, 1.165) is 24.8 Å². The van der Waals surface area contributed by atoms with Crippen LogP contribution in [0.2, 0.25) is 0 Å². The van der Waals surface area contributed by atoms with Crippen LogP contribution in [-0.4, -0.2) is 17.7 Å². The monoisotopic (exact) mass is 261 g/mol. The molecule has 0 aliphatic heterocycles. The lowest BCUT2D eigenvalue weighted by molar-refractivity contribution is 0.348. The third kappa shape index (κ3) is 4.24. The van der Waals surface area contributed by atoms with Gasteiger partial charge in [-0.25, -0.2) is 0 Å². The summed E-state index contributed by atoms with van der Waals surface area (Å²) in [6.07, 6.45) is 6.28. The van der Waals surface area contributed by atoms with Gasteiger partial charge in [0.1, 0.15) is 5.75 Å². The SMILES string of the molecule is CCCNC(Cc1cccc(O)c1)C1CCC(C)C1. The highest BCUT2D eigenvalue weighted by molar-refractivity contribution is 5.27. The summed E-state index contributed by atoms with van der Waals surface area (Å²) >= 11 is 0. The molecule has 0 amide bonds. The molecule has 0 heterocycles. The summed E-state index contributed by atoms with van der Waals surface area (Å²) in [6.45, 7) is 5.68. The molecule has 3 unspecified atom stereocenters. The highest BCUT2D eigenvalue weighted by Gasteiger charge is 2.28. The van der Waals surface area contributed by atoms with Gasteiger partial charge < -0.3 is 10.4 Å². The molecule has 0 aromatic heterocycles. The van der Waals surface area contributed by atoms with Crippen molar-refractivity contribution >= 4 is 0 Å². The van der Waals surface area contributed by atoms with Crippen LogP contribution in [-0.2, 0) is 6.42 Å². The predicted molar refractivity (Wildman–Crippen MR) is 80.4 cm³/mol. The van der Waals surface area contributed by atoms with Gasteiger partial charge in [0, 0.05) is 6.04 Å². The van der Waals surface area contributed by atoms with E-state index < -0.39 is 0 Å². The van der Waals surface area contributed by atoms with Crippen molar-refractivity contribution in [3.05, 3.63) is 29.8 Å². The van der Waals surface area contributed by atoms with E-state index in [9.17, 15) is 5.11 Å². The largest absolute Gasteiger partial charge is 0.508 e. The summed E-state index contributed by atoms with van der Waals surface area (Å²) in [6, 6.07) is 8.28. The Labute approximate surface area is 117 Å². The fraction of sp³-hybridized carbons (Fsp3) is 0.647. The van der Waals surface area contributed by atoms with Crippen LogP contribution >= 0.6 is 0 Å². The Morgan fingerprint density at radius 3 is 2.84 bits per heavy atom. The van der Waals surface area contributed by atoms with Crippen LogP contribution in [0, 0.1) is 11.8 Å². The molecular formula is C17H27NO. The molecule has 1 saturated carbocycles. The Bertz CT molecular complexity index is 391. The minimum absolute atomic E-state index is 0.381. The van der Waals surface area contributed by atoms with Crippen molar-refractivity contribution in [2.75, 3.05) is 6.54 Å². The summed E-state index contributed by atoms with van der Waals surface area (Å²) in [5.41, 5.74) is 1.24. The Morgan fingerprint density at radius 1 is 1.37 bits per heavy atom. The number of nitrogens with one attached hydrogen (secondary N) is 1. The normalized spacial score (nSPS) is 24.5. The van der Waals surface area contributed by atoms with Gasteiger partial charge >= 0.3 is 0 Å². The molecule has 0 radical (unpaired) electrons. The first kappa shape index (κ1) is 14.4. The van der Waals surface area contributed by atoms with Crippen LogP contribution in [0.25, 0.3) is 0 Å². The van der Waals surface area contributed by atoms with E-state index in [1.807, 2.05) is 12.1 Å². The predicted octanol–water partition coefficient (Wildman–Crippen LogP) is 3.74. The van der Waals surface area contributed by atoms with Gasteiger partial charge in [0.2, 0.25) is 0 Å². The molecule has 0 spiro atoms. The molecule has 106 valence electrons. The van der Waals surface area contributed by atoms with Crippen LogP contribution in [0.1, 0.15) is 45.1 Å². The lowest BCUT2D eigenvalue weighted by Crippen LogP contribution is -2.37. The standard InChI is InChI=1S/C17H27NO/c1-3-9-18-17(15-8-7-13(2)10-15)12-14-5-4-6-16(19)11-14/h4-6,11,13,15,17-19H,3,7-10,12H2,1-2H3. The fourth-order valence-electron chi connectivity index (χ4n) is 3.29. The van der Waals surface area contributed by atoms with Gasteiger partial charge in [-0.15, -0.1) is 0 Å². The minimum atomic E-state index is 0.381. The molecule has 1 aromatic carbocycles. The van der Waals surface area contributed by atoms with Crippen LogP contribution in [0.4, 0.5) is 0 Å². The Morgan fingerprint density at radius 2 is 2.21 bits per heavy atom. The average Bonchev–Trinajstić information content (AvgIpc) is 2.81. The topological polar surface area (TPSA) is 32.3 Å². The van der Waals surface area contributed by atoms with E-state index in [2.05, 4.69) is 25.2 Å². The fourth-order valence-corrected chi connectivity index (χ4v) is 3.29. The highest BCUT2D eigenvalue weighted by Crippen LogP contribution is 2.33. The first-order chi connectivity index (χ1) is 9.19. The molecule has 2 rings (SSSR count). The van der Waals surface area contributed by atoms with Gasteiger partial charge in [-0.05, 0) is 61.8 Å². The van der Waals surface area contributed by atoms with Crippen molar-refractivity contribution in [3.8, 4) is 5.75 Å². The van der Waals surface area contributed by atoms with E-state index in [1.165, 1.54) is 31.2 Å². The highest BCUT2D eigenvalue weighted by atomic mass is 16.3. The zero-order valence-corrected chi connectivity index (χ0v) is 12.2. The van der Waals surface area contributed by atoms with Gasteiger partial charge in [-0.1, -0.05) is 32.4 Å². The van der Waals surface area contributed by atoms with Crippen LogP contribution in [0.5, 0.6) is 5.75 Å². The second kappa shape index (κ2) is 6.95. The lowest BCUT2D eigenvalue weighted by atomic mass is 9.91. The summed E-state index contributed by atoms with van der Waals surface area (Å²) in [7, 11) is 0. The molecule has 0 bridgehead atoms. The van der Waals surface area contributed by atoms with Gasteiger partial charge in [-0.2, -0.15) is 0 Å². The molecule has 1 fully saturated rings. The number of benzene rings is 1. The van der Waals surface area contributed by atoms with Gasteiger partial charge in [0.05, 0.1) is 0 Å². The third-order valence-electron chi connectivity index (χ3n) is 4.33. The maximum Gasteiger partial charge on any atom is 0.115 e. The van der Waals surface area contributed by atoms with Crippen molar-refractivity contribution in [2.45, 2.75) is 52.0 Å². The lowest BCUT2D eigenvalue weighted by Gasteiger charge is -2.25. The average molecular weight is 261 g/mol. The first-order valence-electron chi connectivity index (χ1n) is 7.70. The van der Waals surface area contributed by atoms with Crippen LogP contribution < -0.4 is 5.32 Å². The number of hydrogen-bond donors (Lipinski definition) is 2. The molecule has 2 nitrogen and oxygen atoms in total. The molecule has 1 aromatic rings. The van der Waals surface area contributed by atoms with Crippen molar-refractivity contribution in [2.24, 2.45) is 11.8 Å². The Balaban J connectivity index is 2.00. The first-order valence-corrected chi connectivity index (χ1v) is 7.70. The molecular weight excluding hydrogens is 234 g/mol. The van der Waals surface area contributed by atoms with E-state index in [1.54, 1.807) is 6.07 Å². The second-order valence-electron chi connectivity index (χ2n) is 6.11. The van der Waals surface area contributed by atoms with E-state index >= 15 is 0 Å². The van der Waals surface area contributed by atoms with Gasteiger partial charge in [-0.3, -0.25) is 0 Å². The van der Waals surface area contributed by atoms with Crippen molar-refractivity contribution in [3.63, 3.8) is 0 Å². The van der Waals surface area contributed by atoms with Crippen molar-refractivity contribution in [1.29, 1.82) is 0 Å². The number of hydrogen-bond acceptors (Lipinski definition) is 2. The zero-order chi connectivity index (χ0) is 13.7. The number of phenols is 1.